The maximum Gasteiger partial charge on any atom is 0.175 e. The standard InChI is InChI=1S/C15H17N3O3S/c1-22(19,20)10-3-4-12-11(7-10)15(17-8-16-12)18-13-6-9-2-5-14(13)21-9/h3-4,7-9,13-14H,2,5-6H2,1H3,(H,16,17,18)/t9?,13-,14?/m0/s1. The zero-order valence-corrected chi connectivity index (χ0v) is 13.0. The van der Waals surface area contributed by atoms with Crippen LogP contribution in [0.2, 0.25) is 0 Å². The maximum atomic E-state index is 11.8. The molecule has 0 spiro atoms. The number of ether oxygens (including phenoxy) is 1. The van der Waals surface area contributed by atoms with Gasteiger partial charge in [-0.1, -0.05) is 0 Å². The van der Waals surface area contributed by atoms with Crippen LogP contribution in [0.3, 0.4) is 0 Å². The van der Waals surface area contributed by atoms with E-state index in [1.54, 1.807) is 18.2 Å². The van der Waals surface area contributed by atoms with Crippen molar-refractivity contribution in [1.29, 1.82) is 0 Å². The Labute approximate surface area is 128 Å². The lowest BCUT2D eigenvalue weighted by Gasteiger charge is -2.21. The second kappa shape index (κ2) is 4.89. The third-order valence-corrected chi connectivity index (χ3v) is 5.57. The van der Waals surface area contributed by atoms with E-state index in [1.807, 2.05) is 0 Å². The van der Waals surface area contributed by atoms with Gasteiger partial charge in [0.25, 0.3) is 0 Å². The van der Waals surface area contributed by atoms with Gasteiger partial charge in [-0.05, 0) is 37.5 Å². The van der Waals surface area contributed by atoms with E-state index in [9.17, 15) is 8.42 Å². The van der Waals surface area contributed by atoms with E-state index < -0.39 is 9.84 Å². The average molecular weight is 319 g/mol. The molecule has 7 heteroatoms. The van der Waals surface area contributed by atoms with Crippen molar-refractivity contribution in [2.24, 2.45) is 0 Å². The Balaban J connectivity index is 1.73. The number of benzene rings is 1. The molecule has 6 nitrogen and oxygen atoms in total. The molecule has 4 rings (SSSR count). The van der Waals surface area contributed by atoms with Crippen molar-refractivity contribution < 1.29 is 13.2 Å². The van der Waals surface area contributed by atoms with Crippen LogP contribution in [0.1, 0.15) is 19.3 Å². The van der Waals surface area contributed by atoms with Gasteiger partial charge >= 0.3 is 0 Å². The molecule has 2 unspecified atom stereocenters. The van der Waals surface area contributed by atoms with E-state index in [0.717, 1.165) is 30.2 Å². The molecule has 2 aliphatic rings. The molecule has 1 N–H and O–H groups in total. The van der Waals surface area contributed by atoms with E-state index in [4.69, 9.17) is 4.74 Å². The van der Waals surface area contributed by atoms with Gasteiger partial charge in [0.1, 0.15) is 12.1 Å². The highest BCUT2D eigenvalue weighted by Gasteiger charge is 2.40. The van der Waals surface area contributed by atoms with Crippen molar-refractivity contribution in [3.63, 3.8) is 0 Å². The van der Waals surface area contributed by atoms with Crippen LogP contribution in [-0.2, 0) is 14.6 Å². The zero-order chi connectivity index (χ0) is 15.3. The SMILES string of the molecule is CS(=O)(=O)c1ccc2ncnc(N[C@H]3CC4CCC3O4)c2c1. The summed E-state index contributed by atoms with van der Waals surface area (Å²) in [5.74, 6) is 0.677. The molecule has 2 aromatic rings. The van der Waals surface area contributed by atoms with Crippen LogP contribution in [0.15, 0.2) is 29.4 Å². The smallest absolute Gasteiger partial charge is 0.175 e. The first-order valence-electron chi connectivity index (χ1n) is 7.37. The Morgan fingerprint density at radius 3 is 2.82 bits per heavy atom. The highest BCUT2D eigenvalue weighted by Crippen LogP contribution is 2.36. The lowest BCUT2D eigenvalue weighted by molar-refractivity contribution is 0.102. The van der Waals surface area contributed by atoms with E-state index in [-0.39, 0.29) is 17.0 Å². The van der Waals surface area contributed by atoms with Gasteiger partial charge in [-0.2, -0.15) is 0 Å². The first-order valence-corrected chi connectivity index (χ1v) is 9.27. The van der Waals surface area contributed by atoms with Crippen LogP contribution in [-0.4, -0.2) is 42.9 Å². The fraction of sp³-hybridized carbons (Fsp3) is 0.467. The Hall–Kier alpha value is -1.73. The number of aromatic nitrogens is 2. The number of anilines is 1. The number of sulfone groups is 1. The molecule has 0 radical (unpaired) electrons. The summed E-state index contributed by atoms with van der Waals surface area (Å²) in [4.78, 5) is 8.79. The van der Waals surface area contributed by atoms with Crippen LogP contribution in [0.5, 0.6) is 0 Å². The Bertz CT molecular complexity index is 837. The van der Waals surface area contributed by atoms with Crippen LogP contribution >= 0.6 is 0 Å². The number of hydrogen-bond donors (Lipinski definition) is 1. The van der Waals surface area contributed by atoms with Crippen molar-refractivity contribution in [3.05, 3.63) is 24.5 Å². The quantitative estimate of drug-likeness (QED) is 0.928. The number of nitrogens with one attached hydrogen (secondary N) is 1. The Kier molecular flexibility index (Phi) is 3.09. The zero-order valence-electron chi connectivity index (χ0n) is 12.2. The fourth-order valence-corrected chi connectivity index (χ4v) is 3.99. The predicted molar refractivity (Wildman–Crippen MR) is 82.6 cm³/mol. The number of nitrogens with zero attached hydrogens (tertiary/aromatic N) is 2. The normalized spacial score (nSPS) is 27.4. The highest BCUT2D eigenvalue weighted by atomic mass is 32.2. The minimum absolute atomic E-state index is 0.230. The number of rotatable bonds is 3. The molecule has 3 heterocycles. The van der Waals surface area contributed by atoms with Gasteiger partial charge < -0.3 is 10.1 Å². The van der Waals surface area contributed by atoms with E-state index in [1.165, 1.54) is 12.6 Å². The van der Waals surface area contributed by atoms with Gasteiger partial charge in [-0.15, -0.1) is 0 Å². The fourth-order valence-electron chi connectivity index (χ4n) is 3.35. The highest BCUT2D eigenvalue weighted by molar-refractivity contribution is 7.90. The summed E-state index contributed by atoms with van der Waals surface area (Å²) in [5.41, 5.74) is 0.731. The summed E-state index contributed by atoms with van der Waals surface area (Å²) in [6, 6.07) is 5.17. The lowest BCUT2D eigenvalue weighted by Crippen LogP contribution is -2.30. The molecule has 0 aliphatic carbocycles. The molecule has 116 valence electrons. The van der Waals surface area contributed by atoms with E-state index >= 15 is 0 Å². The second-order valence-electron chi connectivity index (χ2n) is 6.03. The van der Waals surface area contributed by atoms with Crippen molar-refractivity contribution in [3.8, 4) is 0 Å². The van der Waals surface area contributed by atoms with Crippen molar-refractivity contribution in [1.82, 2.24) is 9.97 Å². The monoisotopic (exact) mass is 319 g/mol. The summed E-state index contributed by atoms with van der Waals surface area (Å²) in [6.45, 7) is 0. The molecule has 2 bridgehead atoms. The van der Waals surface area contributed by atoms with Crippen molar-refractivity contribution in [2.75, 3.05) is 11.6 Å². The molecule has 3 atom stereocenters. The van der Waals surface area contributed by atoms with Gasteiger partial charge in [0.2, 0.25) is 0 Å². The van der Waals surface area contributed by atoms with Crippen LogP contribution in [0, 0.1) is 0 Å². The molecule has 1 aromatic heterocycles. The summed E-state index contributed by atoms with van der Waals surface area (Å²) in [5, 5.41) is 4.15. The molecule has 2 saturated heterocycles. The molecule has 0 saturated carbocycles. The van der Waals surface area contributed by atoms with Gasteiger partial charge in [0.05, 0.1) is 28.7 Å². The lowest BCUT2D eigenvalue weighted by atomic mass is 9.95. The average Bonchev–Trinajstić information content (AvgIpc) is 3.09. The van der Waals surface area contributed by atoms with E-state index in [2.05, 4.69) is 15.3 Å². The maximum absolute atomic E-state index is 11.8. The predicted octanol–water partition coefficient (Wildman–Crippen LogP) is 1.77. The third kappa shape index (κ3) is 2.34. The second-order valence-corrected chi connectivity index (χ2v) is 8.05. The third-order valence-electron chi connectivity index (χ3n) is 4.46. The van der Waals surface area contributed by atoms with E-state index in [0.29, 0.717) is 11.9 Å². The van der Waals surface area contributed by atoms with Gasteiger partial charge in [0.15, 0.2) is 9.84 Å². The molecular formula is C15H17N3O3S. The summed E-state index contributed by atoms with van der Waals surface area (Å²) in [7, 11) is -3.25. The van der Waals surface area contributed by atoms with Crippen LogP contribution < -0.4 is 5.32 Å². The molecular weight excluding hydrogens is 302 g/mol. The van der Waals surface area contributed by atoms with Crippen molar-refractivity contribution >= 4 is 26.6 Å². The van der Waals surface area contributed by atoms with Gasteiger partial charge in [-0.3, -0.25) is 0 Å². The Morgan fingerprint density at radius 1 is 1.27 bits per heavy atom. The minimum atomic E-state index is -3.25. The van der Waals surface area contributed by atoms with Crippen molar-refractivity contribution in [2.45, 2.75) is 42.4 Å². The minimum Gasteiger partial charge on any atom is -0.373 e. The molecule has 1 aromatic carbocycles. The summed E-state index contributed by atoms with van der Waals surface area (Å²) >= 11 is 0. The number of fused-ring (bicyclic) bond motifs is 3. The van der Waals surface area contributed by atoms with Crippen LogP contribution in [0.25, 0.3) is 10.9 Å². The number of hydrogen-bond acceptors (Lipinski definition) is 6. The topological polar surface area (TPSA) is 81.2 Å². The largest absolute Gasteiger partial charge is 0.373 e. The Morgan fingerprint density at radius 2 is 2.14 bits per heavy atom. The first kappa shape index (κ1) is 13.9. The summed E-state index contributed by atoms with van der Waals surface area (Å²) < 4.78 is 29.4. The first-order chi connectivity index (χ1) is 10.5. The molecule has 2 fully saturated rings. The van der Waals surface area contributed by atoms with Gasteiger partial charge in [0, 0.05) is 11.6 Å². The molecule has 0 amide bonds. The molecule has 22 heavy (non-hydrogen) atoms. The van der Waals surface area contributed by atoms with Crippen LogP contribution in [0.4, 0.5) is 5.82 Å². The van der Waals surface area contributed by atoms with Gasteiger partial charge in [-0.25, -0.2) is 18.4 Å². The molecule has 2 aliphatic heterocycles. The summed E-state index contributed by atoms with van der Waals surface area (Å²) in [6.07, 6.45) is 6.46.